The van der Waals surface area contributed by atoms with E-state index >= 15 is 0 Å². The number of rotatable bonds is 14. The Morgan fingerprint density at radius 1 is 0.931 bits per heavy atom. The largest absolute Gasteiger partial charge is 0.390 e. The summed E-state index contributed by atoms with van der Waals surface area (Å²) in [6.45, 7) is 2.34. The molecule has 1 unspecified atom stereocenters. The van der Waals surface area contributed by atoms with Gasteiger partial charge in [0.05, 0.1) is 0 Å². The van der Waals surface area contributed by atoms with Crippen molar-refractivity contribution in [1.82, 2.24) is 30.7 Å². The van der Waals surface area contributed by atoms with Crippen molar-refractivity contribution < 1.29 is 37.1 Å². The minimum atomic E-state index is -4.79. The van der Waals surface area contributed by atoms with Gasteiger partial charge < -0.3 is 31.7 Å². The summed E-state index contributed by atoms with van der Waals surface area (Å²) in [4.78, 5) is 46.1. The van der Waals surface area contributed by atoms with Crippen LogP contribution in [0.5, 0.6) is 0 Å². The summed E-state index contributed by atoms with van der Waals surface area (Å²) in [6, 6.07) is 18.3. The number of alkyl halides is 4. The normalized spacial score (nSPS) is 18.7. The van der Waals surface area contributed by atoms with E-state index in [-0.39, 0.29) is 41.6 Å². The summed E-state index contributed by atoms with van der Waals surface area (Å²) in [6.07, 6.45) is 5.01. The van der Waals surface area contributed by atoms with Crippen molar-refractivity contribution in [3.63, 3.8) is 0 Å². The van der Waals surface area contributed by atoms with Gasteiger partial charge in [-0.05, 0) is 137 Å². The number of aryl methyl sites for hydroxylation is 1. The molecule has 1 aliphatic heterocycles. The number of aliphatic hydroxyl groups is 1. The van der Waals surface area contributed by atoms with Crippen LogP contribution < -0.4 is 21.7 Å². The molecule has 2 heterocycles. The van der Waals surface area contributed by atoms with E-state index in [0.29, 0.717) is 36.6 Å². The van der Waals surface area contributed by atoms with Gasteiger partial charge in [0.1, 0.15) is 12.6 Å². The van der Waals surface area contributed by atoms with Crippen molar-refractivity contribution in [1.29, 1.82) is 0 Å². The second-order valence-electron chi connectivity index (χ2n) is 15.5. The van der Waals surface area contributed by atoms with Crippen molar-refractivity contribution in [2.24, 2.45) is 17.6 Å². The minimum absolute atomic E-state index is 0.0881. The molecule has 4 aromatic rings. The van der Waals surface area contributed by atoms with Gasteiger partial charge in [-0.25, -0.2) is 4.98 Å². The highest BCUT2D eigenvalue weighted by Crippen LogP contribution is 2.41. The fraction of sp³-hybridized carbons (Fsp3) is 0.452. The average Bonchev–Trinajstić information content (AvgIpc) is 3.73. The summed E-state index contributed by atoms with van der Waals surface area (Å²) in [5.41, 5.74) is 10.6. The number of carbonyl (C=O) groups is 3. The van der Waals surface area contributed by atoms with Crippen molar-refractivity contribution in [3.05, 3.63) is 89.2 Å². The molecular weight excluding hydrogens is 757 g/mol. The van der Waals surface area contributed by atoms with E-state index in [1.807, 2.05) is 54.5 Å². The van der Waals surface area contributed by atoms with Gasteiger partial charge in [0.2, 0.25) is 17.6 Å². The number of aromatic amines is 1. The lowest BCUT2D eigenvalue weighted by atomic mass is 9.81. The third-order valence-corrected chi connectivity index (χ3v) is 11.3. The number of hydrogen-bond acceptors (Lipinski definition) is 8. The van der Waals surface area contributed by atoms with Crippen molar-refractivity contribution in [3.8, 4) is 22.5 Å². The fourth-order valence-electron chi connectivity index (χ4n) is 7.50. The van der Waals surface area contributed by atoms with E-state index in [2.05, 4.69) is 38.0 Å². The van der Waals surface area contributed by atoms with Crippen LogP contribution in [0.1, 0.15) is 65.8 Å². The predicted molar refractivity (Wildman–Crippen MR) is 211 cm³/mol. The zero-order valence-electron chi connectivity index (χ0n) is 32.5. The number of aromatic nitrogens is 3. The second kappa shape index (κ2) is 18.2. The summed E-state index contributed by atoms with van der Waals surface area (Å²) in [7, 11) is 2.08. The van der Waals surface area contributed by atoms with E-state index in [1.54, 1.807) is 0 Å². The maximum absolute atomic E-state index is 14.2. The molecule has 7 N–H and O–H groups in total. The first kappa shape index (κ1) is 42.4. The van der Waals surface area contributed by atoms with Crippen LogP contribution in [0.2, 0.25) is 0 Å². The highest BCUT2D eigenvalue weighted by atomic mass is 19.3. The van der Waals surface area contributed by atoms with E-state index in [1.165, 1.54) is 24.3 Å². The third kappa shape index (κ3) is 9.91. The Hall–Kier alpha value is -5.19. The van der Waals surface area contributed by atoms with Crippen LogP contribution >= 0.6 is 0 Å². The molecular formula is C42H50F4N8O4. The first-order chi connectivity index (χ1) is 27.7. The van der Waals surface area contributed by atoms with Gasteiger partial charge in [0.15, 0.2) is 5.82 Å². The Bertz CT molecular complexity index is 2040. The Kier molecular flexibility index (Phi) is 13.3. The number of halogens is 4. The molecule has 0 spiro atoms. The number of benzene rings is 3. The Labute approximate surface area is 334 Å². The molecule has 1 aromatic heterocycles. The monoisotopic (exact) mass is 806 g/mol. The van der Waals surface area contributed by atoms with Gasteiger partial charge in [0, 0.05) is 35.2 Å². The molecule has 16 heteroatoms. The van der Waals surface area contributed by atoms with Gasteiger partial charge in [-0.3, -0.25) is 19.5 Å². The number of H-pyrrole nitrogens is 1. The predicted octanol–water partition coefficient (Wildman–Crippen LogP) is 5.42. The topological polar surface area (TPSA) is 178 Å². The zero-order chi connectivity index (χ0) is 41.6. The number of nitrogens with one attached hydrogen (secondary N) is 4. The number of amides is 3. The Balaban J connectivity index is 1.14. The van der Waals surface area contributed by atoms with Crippen LogP contribution in [0.25, 0.3) is 22.5 Å². The quantitative estimate of drug-likeness (QED) is 0.0915. The van der Waals surface area contributed by atoms with E-state index in [4.69, 9.17) is 10.8 Å². The highest BCUT2D eigenvalue weighted by molar-refractivity contribution is 5.98. The van der Waals surface area contributed by atoms with Crippen molar-refractivity contribution in [2.75, 3.05) is 38.6 Å². The number of nitrogens with zero attached hydrogens (tertiary/aromatic N) is 3. The average molecular weight is 807 g/mol. The molecule has 1 aliphatic carbocycles. The summed E-state index contributed by atoms with van der Waals surface area (Å²) >= 11 is 0. The molecule has 12 nitrogen and oxygen atoms in total. The van der Waals surface area contributed by atoms with Gasteiger partial charge in [-0.1, -0.05) is 30.3 Å². The van der Waals surface area contributed by atoms with Crippen LogP contribution in [-0.4, -0.2) is 94.2 Å². The number of carbonyl (C=O) groups excluding carboxylic acids is 3. The van der Waals surface area contributed by atoms with Gasteiger partial charge in [-0.2, -0.15) is 22.7 Å². The molecule has 0 radical (unpaired) electrons. The molecule has 310 valence electrons. The Morgan fingerprint density at radius 3 is 2.21 bits per heavy atom. The van der Waals surface area contributed by atoms with E-state index in [0.717, 1.165) is 61.0 Å². The molecule has 3 amide bonds. The maximum atomic E-state index is 14.2. The van der Waals surface area contributed by atoms with Crippen LogP contribution in [0.4, 0.5) is 23.2 Å². The van der Waals surface area contributed by atoms with Crippen LogP contribution in [0.15, 0.2) is 66.7 Å². The second-order valence-corrected chi connectivity index (χ2v) is 15.5. The molecule has 0 bridgehead atoms. The van der Waals surface area contributed by atoms with Crippen LogP contribution in [-0.2, 0) is 21.9 Å². The van der Waals surface area contributed by atoms with Crippen LogP contribution in [0, 0.1) is 18.8 Å². The number of hydrogen-bond donors (Lipinski definition) is 6. The number of anilines is 1. The molecule has 1 saturated heterocycles. The lowest BCUT2D eigenvalue weighted by Crippen LogP contribution is -2.48. The van der Waals surface area contributed by atoms with Gasteiger partial charge >= 0.3 is 11.8 Å². The van der Waals surface area contributed by atoms with Crippen molar-refractivity contribution >= 4 is 23.4 Å². The third-order valence-electron chi connectivity index (χ3n) is 11.3. The molecule has 2 fully saturated rings. The summed E-state index contributed by atoms with van der Waals surface area (Å²) in [5, 5.41) is 23.1. The number of likely N-dealkylation sites (tertiary alicyclic amines) is 1. The summed E-state index contributed by atoms with van der Waals surface area (Å²) < 4.78 is 55.8. The fourth-order valence-corrected chi connectivity index (χ4v) is 7.50. The standard InChI is InChI=1S/C42H50F4N8O4/c1-25-21-31(38(57)48-33-17-19-54(2)20-18-33)13-16-34(25)28-7-3-26(4-8-28)22-35(50-37(56)30-9-5-27(23-47)6-10-30)39(58)49-32-14-11-29(12-15-32)36-51-40(53-52-36)42(45,46)41(43,44)24-55/h3-4,7-8,11-16,21,27,30,33,35,55H,5-6,9-10,17-20,22-24,47H2,1-2H3,(H,48,57)(H,49,58)(H,50,56)(H,51,52,53). The SMILES string of the molecule is Cc1cc(C(=O)NC2CCN(C)CC2)ccc1-c1ccc(CC(NC(=O)C2CCC(CN)CC2)C(=O)Nc2ccc(-c3n[nH]c(C(F)(F)C(F)(F)CO)n3)cc2)cc1. The smallest absolute Gasteiger partial charge is 0.370 e. The van der Waals surface area contributed by atoms with E-state index < -0.39 is 36.2 Å². The van der Waals surface area contributed by atoms with Crippen molar-refractivity contribution in [2.45, 2.75) is 75.8 Å². The number of nitrogens with two attached hydrogens (primary N) is 1. The molecule has 58 heavy (non-hydrogen) atoms. The van der Waals surface area contributed by atoms with E-state index in [9.17, 15) is 31.9 Å². The summed E-state index contributed by atoms with van der Waals surface area (Å²) in [5.74, 6) is -11.9. The molecule has 1 saturated carbocycles. The molecule has 1 atom stereocenters. The van der Waals surface area contributed by atoms with Gasteiger partial charge in [-0.15, -0.1) is 0 Å². The van der Waals surface area contributed by atoms with Gasteiger partial charge in [0.25, 0.3) is 5.91 Å². The number of piperidine rings is 1. The lowest BCUT2D eigenvalue weighted by Gasteiger charge is -2.29. The molecule has 2 aliphatic rings. The minimum Gasteiger partial charge on any atom is -0.390 e. The first-order valence-corrected chi connectivity index (χ1v) is 19.6. The maximum Gasteiger partial charge on any atom is 0.370 e. The number of aliphatic hydroxyl groups excluding tert-OH is 1. The van der Waals surface area contributed by atoms with Crippen LogP contribution in [0.3, 0.4) is 0 Å². The highest BCUT2D eigenvalue weighted by Gasteiger charge is 2.59. The molecule has 6 rings (SSSR count). The lowest BCUT2D eigenvalue weighted by molar-refractivity contribution is -0.236. The molecule has 3 aromatic carbocycles. The zero-order valence-corrected chi connectivity index (χ0v) is 32.5. The Morgan fingerprint density at radius 2 is 1.59 bits per heavy atom. The first-order valence-electron chi connectivity index (χ1n) is 19.6.